The first-order valence-electron chi connectivity index (χ1n) is 6.58. The van der Waals surface area contributed by atoms with Gasteiger partial charge in [-0.05, 0) is 25.1 Å². The second kappa shape index (κ2) is 10.8. The fraction of sp³-hybridized carbons (Fsp3) is 0.571. The minimum absolute atomic E-state index is 0.0585. The average molecular weight is 269 g/mol. The lowest BCUT2D eigenvalue weighted by Crippen LogP contribution is -2.32. The SMILES string of the molecule is OCCOCCCNCC(O)COc1ccccc1. The molecule has 5 heteroatoms. The maximum absolute atomic E-state index is 9.70. The minimum Gasteiger partial charge on any atom is -0.491 e. The van der Waals surface area contributed by atoms with E-state index in [0.717, 1.165) is 18.7 Å². The monoisotopic (exact) mass is 269 g/mol. The van der Waals surface area contributed by atoms with Gasteiger partial charge in [-0.15, -0.1) is 0 Å². The lowest BCUT2D eigenvalue weighted by molar-refractivity contribution is 0.0875. The summed E-state index contributed by atoms with van der Waals surface area (Å²) >= 11 is 0. The smallest absolute Gasteiger partial charge is 0.119 e. The number of rotatable bonds is 11. The third-order valence-corrected chi connectivity index (χ3v) is 2.44. The van der Waals surface area contributed by atoms with E-state index in [9.17, 15) is 5.11 Å². The molecule has 0 aliphatic carbocycles. The molecule has 0 saturated heterocycles. The molecule has 108 valence electrons. The molecule has 19 heavy (non-hydrogen) atoms. The Morgan fingerprint density at radius 2 is 1.95 bits per heavy atom. The van der Waals surface area contributed by atoms with Crippen molar-refractivity contribution in [3.05, 3.63) is 30.3 Å². The van der Waals surface area contributed by atoms with Crippen LogP contribution in [0.25, 0.3) is 0 Å². The van der Waals surface area contributed by atoms with Crippen LogP contribution < -0.4 is 10.1 Å². The van der Waals surface area contributed by atoms with E-state index in [0.29, 0.717) is 19.8 Å². The topological polar surface area (TPSA) is 71.0 Å². The molecular weight excluding hydrogens is 246 g/mol. The predicted octanol–water partition coefficient (Wildman–Crippen LogP) is 0.415. The number of aliphatic hydroxyl groups is 2. The second-order valence-corrected chi connectivity index (χ2v) is 4.17. The normalized spacial score (nSPS) is 12.3. The van der Waals surface area contributed by atoms with Crippen molar-refractivity contribution >= 4 is 0 Å². The van der Waals surface area contributed by atoms with E-state index in [2.05, 4.69) is 5.32 Å². The molecule has 5 nitrogen and oxygen atoms in total. The molecule has 0 spiro atoms. The highest BCUT2D eigenvalue weighted by Gasteiger charge is 2.04. The summed E-state index contributed by atoms with van der Waals surface area (Å²) in [4.78, 5) is 0. The summed E-state index contributed by atoms with van der Waals surface area (Å²) in [5, 5.41) is 21.3. The van der Waals surface area contributed by atoms with Gasteiger partial charge in [0.2, 0.25) is 0 Å². The standard InChI is InChI=1S/C14H23NO4/c16-8-10-18-9-4-7-15-11-13(17)12-19-14-5-2-1-3-6-14/h1-3,5-6,13,15-17H,4,7-12H2. The van der Waals surface area contributed by atoms with Crippen LogP contribution in [-0.2, 0) is 4.74 Å². The van der Waals surface area contributed by atoms with E-state index in [4.69, 9.17) is 14.6 Å². The van der Waals surface area contributed by atoms with Crippen LogP contribution in [0.3, 0.4) is 0 Å². The number of ether oxygens (including phenoxy) is 2. The lowest BCUT2D eigenvalue weighted by atomic mass is 10.3. The maximum Gasteiger partial charge on any atom is 0.119 e. The molecule has 3 N–H and O–H groups in total. The summed E-state index contributed by atoms with van der Waals surface area (Å²) in [6.45, 7) is 2.60. The molecule has 1 aromatic carbocycles. The highest BCUT2D eigenvalue weighted by molar-refractivity contribution is 5.20. The van der Waals surface area contributed by atoms with Gasteiger partial charge < -0.3 is 25.0 Å². The van der Waals surface area contributed by atoms with Crippen molar-refractivity contribution in [1.29, 1.82) is 0 Å². The number of hydrogen-bond acceptors (Lipinski definition) is 5. The quantitative estimate of drug-likeness (QED) is 0.508. The number of nitrogens with one attached hydrogen (secondary N) is 1. The predicted molar refractivity (Wildman–Crippen MR) is 73.3 cm³/mol. The van der Waals surface area contributed by atoms with Crippen LogP contribution in [-0.4, -0.2) is 55.8 Å². The van der Waals surface area contributed by atoms with E-state index in [1.807, 2.05) is 30.3 Å². The van der Waals surface area contributed by atoms with Crippen molar-refractivity contribution in [3.8, 4) is 5.75 Å². The Morgan fingerprint density at radius 1 is 1.16 bits per heavy atom. The average Bonchev–Trinajstić information content (AvgIpc) is 2.45. The van der Waals surface area contributed by atoms with E-state index in [-0.39, 0.29) is 13.2 Å². The van der Waals surface area contributed by atoms with Crippen molar-refractivity contribution in [1.82, 2.24) is 5.32 Å². The summed E-state index contributed by atoms with van der Waals surface area (Å²) in [6, 6.07) is 9.43. The molecule has 0 amide bonds. The number of aliphatic hydroxyl groups excluding tert-OH is 2. The first kappa shape index (κ1) is 15.9. The number of benzene rings is 1. The third kappa shape index (κ3) is 8.56. The summed E-state index contributed by atoms with van der Waals surface area (Å²) < 4.78 is 10.6. The Hall–Kier alpha value is -1.14. The van der Waals surface area contributed by atoms with Gasteiger partial charge in [0.1, 0.15) is 18.5 Å². The fourth-order valence-corrected chi connectivity index (χ4v) is 1.50. The Kier molecular flexibility index (Phi) is 9.01. The van der Waals surface area contributed by atoms with Gasteiger partial charge in [0.25, 0.3) is 0 Å². The first-order chi connectivity index (χ1) is 9.33. The van der Waals surface area contributed by atoms with E-state index >= 15 is 0 Å². The molecule has 0 radical (unpaired) electrons. The van der Waals surface area contributed by atoms with E-state index < -0.39 is 6.10 Å². The maximum atomic E-state index is 9.70. The zero-order valence-electron chi connectivity index (χ0n) is 11.1. The second-order valence-electron chi connectivity index (χ2n) is 4.17. The van der Waals surface area contributed by atoms with Crippen LogP contribution in [0.2, 0.25) is 0 Å². The van der Waals surface area contributed by atoms with Crippen LogP contribution in [0.4, 0.5) is 0 Å². The lowest BCUT2D eigenvalue weighted by Gasteiger charge is -2.13. The van der Waals surface area contributed by atoms with Gasteiger partial charge in [0.15, 0.2) is 0 Å². The molecule has 0 aromatic heterocycles. The molecule has 0 aliphatic heterocycles. The molecule has 0 bridgehead atoms. The summed E-state index contributed by atoms with van der Waals surface area (Å²) in [6.07, 6.45) is 0.324. The summed E-state index contributed by atoms with van der Waals surface area (Å²) in [7, 11) is 0. The summed E-state index contributed by atoms with van der Waals surface area (Å²) in [5.41, 5.74) is 0. The van der Waals surface area contributed by atoms with Crippen LogP contribution in [0.15, 0.2) is 30.3 Å². The fourth-order valence-electron chi connectivity index (χ4n) is 1.50. The van der Waals surface area contributed by atoms with Crippen molar-refractivity contribution in [2.24, 2.45) is 0 Å². The molecule has 1 atom stereocenters. The molecular formula is C14H23NO4. The van der Waals surface area contributed by atoms with E-state index in [1.165, 1.54) is 0 Å². The van der Waals surface area contributed by atoms with Crippen molar-refractivity contribution in [3.63, 3.8) is 0 Å². The summed E-state index contributed by atoms with van der Waals surface area (Å²) in [5.74, 6) is 0.763. The first-order valence-corrected chi connectivity index (χ1v) is 6.58. The molecule has 0 fully saturated rings. The van der Waals surface area contributed by atoms with Crippen molar-refractivity contribution < 1.29 is 19.7 Å². The Bertz CT molecular complexity index is 308. The van der Waals surface area contributed by atoms with Gasteiger partial charge in [0, 0.05) is 13.2 Å². The highest BCUT2D eigenvalue weighted by Crippen LogP contribution is 2.08. The zero-order valence-corrected chi connectivity index (χ0v) is 11.1. The van der Waals surface area contributed by atoms with Gasteiger partial charge in [-0.3, -0.25) is 0 Å². The largest absolute Gasteiger partial charge is 0.491 e. The minimum atomic E-state index is -0.529. The van der Waals surface area contributed by atoms with Crippen molar-refractivity contribution in [2.75, 3.05) is 39.5 Å². The molecule has 0 aliphatic rings. The Balaban J connectivity index is 1.95. The van der Waals surface area contributed by atoms with Crippen LogP contribution >= 0.6 is 0 Å². The molecule has 1 aromatic rings. The Labute approximate surface area is 114 Å². The van der Waals surface area contributed by atoms with Gasteiger partial charge in [0.05, 0.1) is 13.2 Å². The molecule has 0 heterocycles. The highest BCUT2D eigenvalue weighted by atomic mass is 16.5. The van der Waals surface area contributed by atoms with Crippen LogP contribution in [0, 0.1) is 0 Å². The number of para-hydroxylation sites is 1. The molecule has 1 rings (SSSR count). The number of hydrogen-bond donors (Lipinski definition) is 3. The van der Waals surface area contributed by atoms with Gasteiger partial charge in [-0.1, -0.05) is 18.2 Å². The van der Waals surface area contributed by atoms with Gasteiger partial charge in [-0.2, -0.15) is 0 Å². The zero-order chi connectivity index (χ0) is 13.8. The van der Waals surface area contributed by atoms with Gasteiger partial charge >= 0.3 is 0 Å². The Morgan fingerprint density at radius 3 is 2.68 bits per heavy atom. The van der Waals surface area contributed by atoms with Gasteiger partial charge in [-0.25, -0.2) is 0 Å². The molecule has 1 unspecified atom stereocenters. The van der Waals surface area contributed by atoms with Crippen molar-refractivity contribution in [2.45, 2.75) is 12.5 Å². The van der Waals surface area contributed by atoms with Crippen LogP contribution in [0.5, 0.6) is 5.75 Å². The van der Waals surface area contributed by atoms with Crippen LogP contribution in [0.1, 0.15) is 6.42 Å². The third-order valence-electron chi connectivity index (χ3n) is 2.44. The van der Waals surface area contributed by atoms with E-state index in [1.54, 1.807) is 0 Å². The molecule has 0 saturated carbocycles.